The summed E-state index contributed by atoms with van der Waals surface area (Å²) in [6.07, 6.45) is 0.810. The number of methoxy groups -OCH3 is 1. The second-order valence-corrected chi connectivity index (χ2v) is 9.29. The number of rotatable bonds is 5. The molecule has 0 unspecified atom stereocenters. The van der Waals surface area contributed by atoms with Crippen LogP contribution in [0.15, 0.2) is 36.4 Å². The van der Waals surface area contributed by atoms with Crippen molar-refractivity contribution in [2.45, 2.75) is 75.1 Å². The van der Waals surface area contributed by atoms with Gasteiger partial charge in [0.1, 0.15) is 30.2 Å². The molecule has 2 aliphatic heterocycles. The summed E-state index contributed by atoms with van der Waals surface area (Å²) < 4.78 is 17.0. The maximum atomic E-state index is 10.6. The Morgan fingerprint density at radius 1 is 0.969 bits per heavy atom. The maximum Gasteiger partial charge on any atom is 0.186 e. The van der Waals surface area contributed by atoms with Crippen LogP contribution >= 0.6 is 0 Å². The number of fused-ring (bicyclic) bond motifs is 1. The lowest BCUT2D eigenvalue weighted by Crippen LogP contribution is -2.54. The van der Waals surface area contributed by atoms with Crippen LogP contribution in [0, 0.1) is 0 Å². The molecule has 2 fully saturated rings. The molecule has 6 nitrogen and oxygen atoms in total. The van der Waals surface area contributed by atoms with Crippen LogP contribution in [0.5, 0.6) is 5.75 Å². The number of hydrogen-bond donors (Lipinski definition) is 3. The summed E-state index contributed by atoms with van der Waals surface area (Å²) >= 11 is 0. The summed E-state index contributed by atoms with van der Waals surface area (Å²) in [6, 6.07) is 12.7. The molecule has 0 spiro atoms. The molecule has 1 saturated heterocycles. The monoisotopic (exact) mass is 440 g/mol. The molecule has 5 rings (SSSR count). The lowest BCUT2D eigenvalue weighted by Gasteiger charge is -2.40. The molecule has 5 atom stereocenters. The van der Waals surface area contributed by atoms with Gasteiger partial charge in [0.25, 0.3) is 0 Å². The Bertz CT molecular complexity index is 953. The van der Waals surface area contributed by atoms with Crippen LogP contribution in [-0.2, 0) is 22.3 Å². The predicted octanol–water partition coefficient (Wildman–Crippen LogP) is 3.00. The third-order valence-electron chi connectivity index (χ3n) is 6.94. The molecule has 3 N–H and O–H groups in total. The Morgan fingerprint density at radius 2 is 1.81 bits per heavy atom. The van der Waals surface area contributed by atoms with Gasteiger partial charge >= 0.3 is 0 Å². The van der Waals surface area contributed by atoms with Gasteiger partial charge < -0.3 is 29.5 Å². The predicted molar refractivity (Wildman–Crippen MR) is 119 cm³/mol. The lowest BCUT2D eigenvalue weighted by atomic mass is 9.89. The smallest absolute Gasteiger partial charge is 0.186 e. The van der Waals surface area contributed by atoms with E-state index in [1.54, 1.807) is 0 Å². The first-order chi connectivity index (χ1) is 15.5. The number of benzene rings is 2. The summed E-state index contributed by atoms with van der Waals surface area (Å²) in [7, 11) is 1.41. The number of hydrogen-bond acceptors (Lipinski definition) is 6. The fourth-order valence-electron chi connectivity index (χ4n) is 4.94. The van der Waals surface area contributed by atoms with Crippen molar-refractivity contribution in [3.8, 4) is 5.75 Å². The molecule has 3 aliphatic rings. The Morgan fingerprint density at radius 3 is 2.59 bits per heavy atom. The fourth-order valence-corrected chi connectivity index (χ4v) is 4.94. The molecule has 2 aromatic rings. The minimum absolute atomic E-state index is 0.576. The van der Waals surface area contributed by atoms with E-state index in [1.165, 1.54) is 42.2 Å². The molecule has 0 amide bonds. The molecular weight excluding hydrogens is 408 g/mol. The van der Waals surface area contributed by atoms with E-state index in [4.69, 9.17) is 14.2 Å². The average molecular weight is 441 g/mol. The van der Waals surface area contributed by atoms with Crippen LogP contribution in [0.4, 0.5) is 0 Å². The number of aliphatic hydroxyl groups excluding tert-OH is 3. The lowest BCUT2D eigenvalue weighted by molar-refractivity contribution is -0.292. The molecule has 0 radical (unpaired) electrons. The maximum absolute atomic E-state index is 10.6. The number of ether oxygens (including phenoxy) is 3. The van der Waals surface area contributed by atoms with Gasteiger partial charge in [0, 0.05) is 7.11 Å². The van der Waals surface area contributed by atoms with Crippen molar-refractivity contribution in [2.75, 3.05) is 13.7 Å². The highest BCUT2D eigenvalue weighted by molar-refractivity contribution is 5.44. The molecule has 1 saturated carbocycles. The zero-order valence-corrected chi connectivity index (χ0v) is 18.4. The van der Waals surface area contributed by atoms with Crippen molar-refractivity contribution in [1.82, 2.24) is 0 Å². The second kappa shape index (κ2) is 9.12. The van der Waals surface area contributed by atoms with Gasteiger partial charge in [-0.25, -0.2) is 0 Å². The Hall–Kier alpha value is -1.96. The first kappa shape index (κ1) is 21.9. The van der Waals surface area contributed by atoms with E-state index in [0.29, 0.717) is 5.92 Å². The van der Waals surface area contributed by atoms with Crippen molar-refractivity contribution < 1.29 is 29.5 Å². The topological polar surface area (TPSA) is 88.4 Å². The standard InChI is InChI=1S/C26H32O6/c1-30-26-24(29)22(27)23(28)25(32-26)18-9-10-20(16-7-8-16)19(14-18)12-15-5-6-17-4-2-3-11-31-21(17)13-15/h5-6,9-10,13-14,16,22-29H,2-4,7-8,11-12H2,1H3/t22-,23-,24+,25+,26+/m1/s1. The highest BCUT2D eigenvalue weighted by Gasteiger charge is 2.44. The van der Waals surface area contributed by atoms with Crippen molar-refractivity contribution in [3.63, 3.8) is 0 Å². The first-order valence-electron chi connectivity index (χ1n) is 11.6. The van der Waals surface area contributed by atoms with Gasteiger partial charge in [-0.1, -0.05) is 30.3 Å². The molecule has 0 bridgehead atoms. The molecule has 32 heavy (non-hydrogen) atoms. The van der Waals surface area contributed by atoms with Crippen LogP contribution in [0.1, 0.15) is 65.5 Å². The number of aryl methyl sites for hydroxylation is 1. The van der Waals surface area contributed by atoms with E-state index in [-0.39, 0.29) is 0 Å². The second-order valence-electron chi connectivity index (χ2n) is 9.29. The van der Waals surface area contributed by atoms with Crippen LogP contribution in [0.2, 0.25) is 0 Å². The van der Waals surface area contributed by atoms with Crippen molar-refractivity contribution in [3.05, 3.63) is 64.2 Å². The molecular formula is C26H32O6. The van der Waals surface area contributed by atoms with Crippen LogP contribution in [0.3, 0.4) is 0 Å². The molecule has 1 aliphatic carbocycles. The van der Waals surface area contributed by atoms with E-state index in [9.17, 15) is 15.3 Å². The van der Waals surface area contributed by atoms with Crippen molar-refractivity contribution in [2.24, 2.45) is 0 Å². The summed E-state index contributed by atoms with van der Waals surface area (Å²) in [4.78, 5) is 0. The zero-order chi connectivity index (χ0) is 22.2. The van der Waals surface area contributed by atoms with E-state index in [0.717, 1.165) is 43.6 Å². The minimum atomic E-state index is -1.34. The van der Waals surface area contributed by atoms with Crippen LogP contribution in [-0.4, -0.2) is 53.6 Å². The van der Waals surface area contributed by atoms with Crippen molar-refractivity contribution in [1.29, 1.82) is 0 Å². The minimum Gasteiger partial charge on any atom is -0.493 e. The summed E-state index contributed by atoms with van der Waals surface area (Å²) in [6.45, 7) is 0.769. The normalized spacial score (nSPS) is 30.3. The average Bonchev–Trinajstić information content (AvgIpc) is 3.65. The Balaban J connectivity index is 1.45. The zero-order valence-electron chi connectivity index (χ0n) is 18.4. The summed E-state index contributed by atoms with van der Waals surface area (Å²) in [5.41, 5.74) is 5.78. The molecule has 2 aromatic carbocycles. The number of aliphatic hydroxyl groups is 3. The van der Waals surface area contributed by atoms with E-state index >= 15 is 0 Å². The Labute approximate surface area is 188 Å². The van der Waals surface area contributed by atoms with Crippen LogP contribution < -0.4 is 4.74 Å². The summed E-state index contributed by atoms with van der Waals surface area (Å²) in [5.74, 6) is 1.57. The van der Waals surface area contributed by atoms with Gasteiger partial charge in [0.05, 0.1) is 6.61 Å². The van der Waals surface area contributed by atoms with Gasteiger partial charge in [0.15, 0.2) is 6.29 Å². The van der Waals surface area contributed by atoms with E-state index < -0.39 is 30.7 Å². The molecule has 6 heteroatoms. The van der Waals surface area contributed by atoms with Crippen LogP contribution in [0.25, 0.3) is 0 Å². The quantitative estimate of drug-likeness (QED) is 0.663. The molecule has 0 aromatic heterocycles. The van der Waals surface area contributed by atoms with E-state index in [2.05, 4.69) is 30.3 Å². The third-order valence-corrected chi connectivity index (χ3v) is 6.94. The largest absolute Gasteiger partial charge is 0.493 e. The highest BCUT2D eigenvalue weighted by atomic mass is 16.7. The molecule has 172 valence electrons. The van der Waals surface area contributed by atoms with Gasteiger partial charge in [-0.2, -0.15) is 0 Å². The van der Waals surface area contributed by atoms with Gasteiger partial charge in [-0.3, -0.25) is 0 Å². The van der Waals surface area contributed by atoms with Gasteiger partial charge in [-0.15, -0.1) is 0 Å². The fraction of sp³-hybridized carbons (Fsp3) is 0.538. The first-order valence-corrected chi connectivity index (χ1v) is 11.6. The highest BCUT2D eigenvalue weighted by Crippen LogP contribution is 2.44. The molecule has 2 heterocycles. The van der Waals surface area contributed by atoms with E-state index in [1.807, 2.05) is 6.07 Å². The summed E-state index contributed by atoms with van der Waals surface area (Å²) in [5, 5.41) is 31.0. The third kappa shape index (κ3) is 4.30. The van der Waals surface area contributed by atoms with Gasteiger partial charge in [-0.05, 0) is 78.3 Å². The van der Waals surface area contributed by atoms with Crippen molar-refractivity contribution >= 4 is 0 Å². The Kier molecular flexibility index (Phi) is 6.23. The SMILES string of the molecule is CO[C@H]1O[C@@H](c2ccc(C3CC3)c(Cc3ccc4c(c3)OCCCC4)c2)[C@H](O)[C@@H](O)[C@@H]1O. The van der Waals surface area contributed by atoms with Gasteiger partial charge in [0.2, 0.25) is 0 Å².